The number of anilines is 1. The van der Waals surface area contributed by atoms with Gasteiger partial charge in [-0.3, -0.25) is 14.2 Å². The minimum atomic E-state index is -0.748. The Morgan fingerprint density at radius 1 is 1.14 bits per heavy atom. The average molecular weight is 407 g/mol. The fourth-order valence-electron chi connectivity index (χ4n) is 3.07. The van der Waals surface area contributed by atoms with Crippen molar-refractivity contribution in [2.75, 3.05) is 5.32 Å². The van der Waals surface area contributed by atoms with E-state index in [9.17, 15) is 14.0 Å². The predicted molar refractivity (Wildman–Crippen MR) is 114 cm³/mol. The largest absolute Gasteiger partial charge is 0.324 e. The van der Waals surface area contributed by atoms with Gasteiger partial charge in [0, 0.05) is 16.6 Å². The van der Waals surface area contributed by atoms with E-state index in [0.717, 1.165) is 11.1 Å². The number of hydrogen-bond donors (Lipinski definition) is 1. The van der Waals surface area contributed by atoms with Crippen LogP contribution in [0.3, 0.4) is 0 Å². The summed E-state index contributed by atoms with van der Waals surface area (Å²) in [7, 11) is 0. The van der Waals surface area contributed by atoms with Gasteiger partial charge >= 0.3 is 0 Å². The number of thiophene rings is 1. The lowest BCUT2D eigenvalue weighted by Gasteiger charge is -2.15. The topological polar surface area (TPSA) is 64.0 Å². The molecule has 0 bridgehead atoms. The Morgan fingerprint density at radius 3 is 2.52 bits per heavy atom. The number of hydrogen-bond acceptors (Lipinski definition) is 4. The minimum Gasteiger partial charge on any atom is -0.324 e. The third kappa shape index (κ3) is 3.69. The summed E-state index contributed by atoms with van der Waals surface area (Å²) >= 11 is 1.34. The van der Waals surface area contributed by atoms with E-state index in [-0.39, 0.29) is 17.3 Å². The summed E-state index contributed by atoms with van der Waals surface area (Å²) in [4.78, 5) is 30.8. The predicted octanol–water partition coefficient (Wildman–Crippen LogP) is 4.77. The number of carbonyl (C=O) groups is 1. The number of rotatable bonds is 4. The molecule has 0 saturated carbocycles. The standard InChI is InChI=1S/C22H18FN3O2S/c1-13-3-9-17(10-4-13)25-20(27)14(2)26-12-24-21-19(22(26)28)18(11-29-21)15-5-7-16(23)8-6-15/h3-12,14H,1-2H3,(H,25,27). The zero-order valence-electron chi connectivity index (χ0n) is 15.8. The van der Waals surface area contributed by atoms with Crippen LogP contribution in [-0.4, -0.2) is 15.5 Å². The van der Waals surface area contributed by atoms with Crippen LogP contribution in [-0.2, 0) is 4.79 Å². The number of nitrogens with zero attached hydrogens (tertiary/aromatic N) is 2. The molecule has 7 heteroatoms. The van der Waals surface area contributed by atoms with E-state index < -0.39 is 6.04 Å². The molecule has 0 aliphatic heterocycles. The highest BCUT2D eigenvalue weighted by atomic mass is 32.1. The number of benzene rings is 2. The van der Waals surface area contributed by atoms with Crippen molar-refractivity contribution in [2.24, 2.45) is 0 Å². The van der Waals surface area contributed by atoms with Gasteiger partial charge in [0.2, 0.25) is 5.91 Å². The van der Waals surface area contributed by atoms with Crippen LogP contribution in [0.15, 0.2) is 65.0 Å². The molecule has 5 nitrogen and oxygen atoms in total. The first-order chi connectivity index (χ1) is 13.9. The van der Waals surface area contributed by atoms with Crippen molar-refractivity contribution in [3.05, 3.63) is 82.0 Å². The number of carbonyl (C=O) groups excluding carboxylic acids is 1. The van der Waals surface area contributed by atoms with Crippen LogP contribution in [0, 0.1) is 12.7 Å². The molecular weight excluding hydrogens is 389 g/mol. The Morgan fingerprint density at radius 2 is 1.83 bits per heavy atom. The van der Waals surface area contributed by atoms with E-state index >= 15 is 0 Å². The van der Waals surface area contributed by atoms with Crippen molar-refractivity contribution in [1.29, 1.82) is 0 Å². The average Bonchev–Trinajstić information content (AvgIpc) is 3.15. The van der Waals surface area contributed by atoms with E-state index in [2.05, 4.69) is 10.3 Å². The lowest BCUT2D eigenvalue weighted by atomic mass is 10.1. The van der Waals surface area contributed by atoms with E-state index in [1.54, 1.807) is 19.1 Å². The Hall–Kier alpha value is -3.32. The van der Waals surface area contributed by atoms with Crippen molar-refractivity contribution in [3.63, 3.8) is 0 Å². The summed E-state index contributed by atoms with van der Waals surface area (Å²) in [6.45, 7) is 3.62. The molecule has 1 N–H and O–H groups in total. The maximum atomic E-state index is 13.3. The Balaban J connectivity index is 1.70. The smallest absolute Gasteiger partial charge is 0.263 e. The molecule has 2 aromatic carbocycles. The fraction of sp³-hybridized carbons (Fsp3) is 0.136. The maximum absolute atomic E-state index is 13.3. The number of halogens is 1. The van der Waals surface area contributed by atoms with Crippen molar-refractivity contribution in [2.45, 2.75) is 19.9 Å². The van der Waals surface area contributed by atoms with Crippen molar-refractivity contribution < 1.29 is 9.18 Å². The first-order valence-electron chi connectivity index (χ1n) is 9.06. The first kappa shape index (κ1) is 19.0. The lowest BCUT2D eigenvalue weighted by molar-refractivity contribution is -0.118. The number of fused-ring (bicyclic) bond motifs is 1. The second-order valence-corrected chi connectivity index (χ2v) is 7.68. The Kier molecular flexibility index (Phi) is 4.98. The zero-order valence-corrected chi connectivity index (χ0v) is 16.7. The summed E-state index contributed by atoms with van der Waals surface area (Å²) in [5, 5.41) is 5.08. The molecular formula is C22H18FN3O2S. The molecule has 1 atom stereocenters. The molecule has 0 spiro atoms. The molecule has 0 aliphatic carbocycles. The lowest BCUT2D eigenvalue weighted by Crippen LogP contribution is -2.31. The van der Waals surface area contributed by atoms with Crippen LogP contribution in [0.4, 0.5) is 10.1 Å². The second kappa shape index (κ2) is 7.60. The molecule has 1 unspecified atom stereocenters. The highest BCUT2D eigenvalue weighted by molar-refractivity contribution is 7.17. The SMILES string of the molecule is Cc1ccc(NC(=O)C(C)n2cnc3scc(-c4ccc(F)cc4)c3c2=O)cc1. The summed E-state index contributed by atoms with van der Waals surface area (Å²) in [5.41, 5.74) is 2.86. The van der Waals surface area contributed by atoms with Crippen molar-refractivity contribution in [1.82, 2.24) is 9.55 Å². The molecule has 4 aromatic rings. The van der Waals surface area contributed by atoms with Crippen molar-refractivity contribution >= 4 is 33.1 Å². The van der Waals surface area contributed by atoms with Gasteiger partial charge in [-0.15, -0.1) is 11.3 Å². The van der Waals surface area contributed by atoms with Crippen LogP contribution < -0.4 is 10.9 Å². The fourth-order valence-corrected chi connectivity index (χ4v) is 3.98. The van der Waals surface area contributed by atoms with E-state index in [0.29, 0.717) is 21.5 Å². The number of nitrogens with one attached hydrogen (secondary N) is 1. The molecule has 4 rings (SSSR count). The summed E-state index contributed by atoms with van der Waals surface area (Å²) in [6.07, 6.45) is 1.40. The Labute approximate surface area is 170 Å². The molecule has 2 aromatic heterocycles. The summed E-state index contributed by atoms with van der Waals surface area (Å²) in [5.74, 6) is -0.652. The van der Waals surface area contributed by atoms with Gasteiger partial charge < -0.3 is 5.32 Å². The number of aryl methyl sites for hydroxylation is 1. The third-order valence-corrected chi connectivity index (χ3v) is 5.68. The highest BCUT2D eigenvalue weighted by Gasteiger charge is 2.20. The normalized spacial score (nSPS) is 12.1. The molecule has 29 heavy (non-hydrogen) atoms. The van der Waals surface area contributed by atoms with Crippen molar-refractivity contribution in [3.8, 4) is 11.1 Å². The van der Waals surface area contributed by atoms with Crippen LogP contribution in [0.5, 0.6) is 0 Å². The Bertz CT molecular complexity index is 1240. The third-order valence-electron chi connectivity index (χ3n) is 4.79. The van der Waals surface area contributed by atoms with Gasteiger partial charge in [0.25, 0.3) is 5.56 Å². The molecule has 1 amide bonds. The first-order valence-corrected chi connectivity index (χ1v) is 9.94. The molecule has 0 fully saturated rings. The summed E-state index contributed by atoms with van der Waals surface area (Å²) < 4.78 is 14.6. The molecule has 2 heterocycles. The van der Waals surface area contributed by atoms with E-state index in [1.165, 1.54) is 34.4 Å². The zero-order chi connectivity index (χ0) is 20.5. The highest BCUT2D eigenvalue weighted by Crippen LogP contribution is 2.31. The van der Waals surface area contributed by atoms with Gasteiger partial charge in [0.1, 0.15) is 16.7 Å². The number of aromatic nitrogens is 2. The van der Waals surface area contributed by atoms with Gasteiger partial charge in [-0.05, 0) is 43.7 Å². The van der Waals surface area contributed by atoms with Gasteiger partial charge in [0.05, 0.1) is 11.7 Å². The van der Waals surface area contributed by atoms with Crippen LogP contribution in [0.2, 0.25) is 0 Å². The monoisotopic (exact) mass is 407 g/mol. The quantitative estimate of drug-likeness (QED) is 0.530. The summed E-state index contributed by atoms with van der Waals surface area (Å²) in [6, 6.07) is 12.6. The van der Waals surface area contributed by atoms with E-state index in [1.807, 2.05) is 36.6 Å². The molecule has 0 aliphatic rings. The molecule has 0 saturated heterocycles. The van der Waals surface area contributed by atoms with Gasteiger partial charge in [0.15, 0.2) is 0 Å². The van der Waals surface area contributed by atoms with Crippen LogP contribution in [0.1, 0.15) is 18.5 Å². The minimum absolute atomic E-state index is 0.304. The van der Waals surface area contributed by atoms with Gasteiger partial charge in [-0.1, -0.05) is 29.8 Å². The molecule has 146 valence electrons. The van der Waals surface area contributed by atoms with Crippen LogP contribution >= 0.6 is 11.3 Å². The second-order valence-electron chi connectivity index (χ2n) is 6.82. The van der Waals surface area contributed by atoms with E-state index in [4.69, 9.17) is 0 Å². The maximum Gasteiger partial charge on any atom is 0.263 e. The molecule has 0 radical (unpaired) electrons. The van der Waals surface area contributed by atoms with Gasteiger partial charge in [-0.25, -0.2) is 9.37 Å². The van der Waals surface area contributed by atoms with Crippen LogP contribution in [0.25, 0.3) is 21.3 Å². The number of amides is 1. The van der Waals surface area contributed by atoms with Gasteiger partial charge in [-0.2, -0.15) is 0 Å².